The topological polar surface area (TPSA) is 46.2 Å². The molecular weight excluding hydrogens is 318 g/mol. The van der Waals surface area contributed by atoms with Gasteiger partial charge < -0.3 is 0 Å². The fourth-order valence-electron chi connectivity index (χ4n) is 2.42. The number of hydrogen-bond donors (Lipinski definition) is 1. The van der Waals surface area contributed by atoms with E-state index in [2.05, 4.69) is 4.72 Å². The fourth-order valence-corrected chi connectivity index (χ4v) is 4.10. The smallest absolute Gasteiger partial charge is 0.262 e. The van der Waals surface area contributed by atoms with Gasteiger partial charge in [-0.05, 0) is 34.5 Å². The zero-order valence-corrected chi connectivity index (χ0v) is 13.2. The van der Waals surface area contributed by atoms with Crippen molar-refractivity contribution in [3.05, 3.63) is 72.3 Å². The standard InChI is InChI=1S/C17H14ClNO2S/c18-12-16-15-9-5-4-6-13(15)10-11-17(16)22(20,21)19-14-7-2-1-3-8-14/h1-11,19H,12H2. The predicted octanol–water partition coefficient (Wildman–Crippen LogP) is 4.38. The number of anilines is 1. The van der Waals surface area contributed by atoms with Gasteiger partial charge in [-0.2, -0.15) is 0 Å². The zero-order valence-electron chi connectivity index (χ0n) is 11.7. The van der Waals surface area contributed by atoms with Gasteiger partial charge in [0.05, 0.1) is 4.90 Å². The average molecular weight is 332 g/mol. The van der Waals surface area contributed by atoms with Crippen LogP contribution in [0, 0.1) is 0 Å². The molecule has 3 nitrogen and oxygen atoms in total. The molecular formula is C17H14ClNO2S. The maximum absolute atomic E-state index is 12.7. The zero-order chi connectivity index (χ0) is 15.6. The van der Waals surface area contributed by atoms with E-state index >= 15 is 0 Å². The summed E-state index contributed by atoms with van der Waals surface area (Å²) in [5.74, 6) is 0.131. The molecule has 0 aliphatic carbocycles. The Morgan fingerprint density at radius 1 is 0.864 bits per heavy atom. The average Bonchev–Trinajstić information content (AvgIpc) is 2.54. The number of sulfonamides is 1. The number of alkyl halides is 1. The lowest BCUT2D eigenvalue weighted by atomic mass is 10.1. The first-order valence-corrected chi connectivity index (χ1v) is 8.78. The molecule has 0 atom stereocenters. The quantitative estimate of drug-likeness (QED) is 0.721. The summed E-state index contributed by atoms with van der Waals surface area (Å²) in [4.78, 5) is 0.213. The van der Waals surface area contributed by atoms with Crippen LogP contribution in [0.2, 0.25) is 0 Å². The maximum Gasteiger partial charge on any atom is 0.262 e. The summed E-state index contributed by atoms with van der Waals surface area (Å²) >= 11 is 6.03. The summed E-state index contributed by atoms with van der Waals surface area (Å²) in [5, 5.41) is 1.82. The number of fused-ring (bicyclic) bond motifs is 1. The van der Waals surface area contributed by atoms with Crippen LogP contribution in [0.3, 0.4) is 0 Å². The van der Waals surface area contributed by atoms with E-state index in [9.17, 15) is 8.42 Å². The molecule has 0 radical (unpaired) electrons. The van der Waals surface area contributed by atoms with Crippen molar-refractivity contribution in [2.45, 2.75) is 10.8 Å². The van der Waals surface area contributed by atoms with Gasteiger partial charge >= 0.3 is 0 Å². The Morgan fingerprint density at radius 2 is 1.55 bits per heavy atom. The van der Waals surface area contributed by atoms with E-state index in [1.807, 2.05) is 30.3 Å². The van der Waals surface area contributed by atoms with Gasteiger partial charge in [0.2, 0.25) is 0 Å². The normalized spacial score (nSPS) is 11.5. The van der Waals surface area contributed by atoms with Crippen molar-refractivity contribution >= 4 is 38.1 Å². The minimum Gasteiger partial charge on any atom is -0.280 e. The minimum atomic E-state index is -3.68. The lowest BCUT2D eigenvalue weighted by molar-refractivity contribution is 0.600. The molecule has 112 valence electrons. The summed E-state index contributed by atoms with van der Waals surface area (Å²) < 4.78 is 27.9. The number of rotatable bonds is 4. The first-order chi connectivity index (χ1) is 10.6. The van der Waals surface area contributed by atoms with Crippen LogP contribution in [0.25, 0.3) is 10.8 Å². The Hall–Kier alpha value is -2.04. The Kier molecular flexibility index (Phi) is 4.05. The first kappa shape index (κ1) is 14.9. The first-order valence-electron chi connectivity index (χ1n) is 6.76. The highest BCUT2D eigenvalue weighted by Crippen LogP contribution is 2.28. The number of para-hydroxylation sites is 1. The van der Waals surface area contributed by atoms with Gasteiger partial charge in [-0.1, -0.05) is 48.5 Å². The van der Waals surface area contributed by atoms with Gasteiger partial charge in [-0.3, -0.25) is 4.72 Å². The molecule has 0 fully saturated rings. The van der Waals surface area contributed by atoms with Crippen molar-refractivity contribution in [3.63, 3.8) is 0 Å². The largest absolute Gasteiger partial charge is 0.280 e. The van der Waals surface area contributed by atoms with Crippen LogP contribution in [0.5, 0.6) is 0 Å². The molecule has 0 saturated heterocycles. The third-order valence-corrected chi connectivity index (χ3v) is 5.18. The summed E-state index contributed by atoms with van der Waals surface area (Å²) in [6, 6.07) is 19.8. The van der Waals surface area contributed by atoms with Gasteiger partial charge in [0.1, 0.15) is 0 Å². The van der Waals surface area contributed by atoms with Gasteiger partial charge in [0, 0.05) is 11.6 Å². The Morgan fingerprint density at radius 3 is 2.27 bits per heavy atom. The molecule has 0 aliphatic heterocycles. The lowest BCUT2D eigenvalue weighted by Gasteiger charge is -2.13. The lowest BCUT2D eigenvalue weighted by Crippen LogP contribution is -2.14. The van der Waals surface area contributed by atoms with Gasteiger partial charge in [-0.25, -0.2) is 8.42 Å². The van der Waals surface area contributed by atoms with Crippen molar-refractivity contribution < 1.29 is 8.42 Å². The number of hydrogen-bond acceptors (Lipinski definition) is 2. The van der Waals surface area contributed by atoms with Gasteiger partial charge in [0.25, 0.3) is 10.0 Å². The minimum absolute atomic E-state index is 0.131. The van der Waals surface area contributed by atoms with E-state index in [0.29, 0.717) is 11.3 Å². The van der Waals surface area contributed by atoms with Crippen molar-refractivity contribution in [3.8, 4) is 0 Å². The van der Waals surface area contributed by atoms with Crippen LogP contribution in [0.15, 0.2) is 71.6 Å². The SMILES string of the molecule is O=S(=O)(Nc1ccccc1)c1ccc2ccccc2c1CCl. The second-order valence-electron chi connectivity index (χ2n) is 4.87. The van der Waals surface area contributed by atoms with E-state index in [1.54, 1.807) is 36.4 Å². The van der Waals surface area contributed by atoms with Crippen molar-refractivity contribution in [1.82, 2.24) is 0 Å². The third-order valence-electron chi connectivity index (χ3n) is 3.45. The molecule has 5 heteroatoms. The number of halogens is 1. The Balaban J connectivity index is 2.12. The molecule has 22 heavy (non-hydrogen) atoms. The van der Waals surface area contributed by atoms with Crippen LogP contribution >= 0.6 is 11.6 Å². The molecule has 0 unspecified atom stereocenters. The number of nitrogens with one attached hydrogen (secondary N) is 1. The fraction of sp³-hybridized carbons (Fsp3) is 0.0588. The molecule has 3 aromatic carbocycles. The molecule has 0 aromatic heterocycles. The van der Waals surface area contributed by atoms with Crippen LogP contribution in [0.4, 0.5) is 5.69 Å². The Labute approximate surface area is 134 Å². The van der Waals surface area contributed by atoms with Crippen LogP contribution in [-0.2, 0) is 15.9 Å². The van der Waals surface area contributed by atoms with E-state index in [-0.39, 0.29) is 10.8 Å². The molecule has 3 aromatic rings. The van der Waals surface area contributed by atoms with Crippen molar-refractivity contribution in [2.75, 3.05) is 4.72 Å². The van der Waals surface area contributed by atoms with E-state index in [0.717, 1.165) is 10.8 Å². The van der Waals surface area contributed by atoms with Crippen molar-refractivity contribution in [1.29, 1.82) is 0 Å². The van der Waals surface area contributed by atoms with Crippen LogP contribution in [-0.4, -0.2) is 8.42 Å². The number of benzene rings is 3. The highest BCUT2D eigenvalue weighted by molar-refractivity contribution is 7.92. The van der Waals surface area contributed by atoms with E-state index in [4.69, 9.17) is 11.6 Å². The molecule has 0 spiro atoms. The molecule has 0 saturated carbocycles. The molecule has 1 N–H and O–H groups in total. The monoisotopic (exact) mass is 331 g/mol. The van der Waals surface area contributed by atoms with Gasteiger partial charge in [0.15, 0.2) is 0 Å². The second-order valence-corrected chi connectivity index (χ2v) is 6.79. The Bertz CT molecular complexity index is 908. The van der Waals surface area contributed by atoms with Gasteiger partial charge in [-0.15, -0.1) is 11.6 Å². The summed E-state index contributed by atoms with van der Waals surface area (Å²) in [6.07, 6.45) is 0. The van der Waals surface area contributed by atoms with Crippen LogP contribution < -0.4 is 4.72 Å². The summed E-state index contributed by atoms with van der Waals surface area (Å²) in [5.41, 5.74) is 1.14. The van der Waals surface area contributed by atoms with Crippen LogP contribution in [0.1, 0.15) is 5.56 Å². The summed E-state index contributed by atoms with van der Waals surface area (Å²) in [6.45, 7) is 0. The molecule has 0 bridgehead atoms. The second kappa shape index (κ2) is 5.99. The third kappa shape index (κ3) is 2.80. The van der Waals surface area contributed by atoms with Crippen molar-refractivity contribution in [2.24, 2.45) is 0 Å². The molecule has 0 aliphatic rings. The van der Waals surface area contributed by atoms with E-state index < -0.39 is 10.0 Å². The summed E-state index contributed by atoms with van der Waals surface area (Å²) in [7, 11) is -3.68. The maximum atomic E-state index is 12.7. The molecule has 0 amide bonds. The predicted molar refractivity (Wildman–Crippen MR) is 90.8 cm³/mol. The molecule has 0 heterocycles. The molecule has 3 rings (SSSR count). The highest BCUT2D eigenvalue weighted by Gasteiger charge is 2.20. The van der Waals surface area contributed by atoms with E-state index in [1.165, 1.54) is 0 Å². The highest BCUT2D eigenvalue weighted by atomic mass is 35.5.